The Balaban J connectivity index is 0.000000454. The van der Waals surface area contributed by atoms with Gasteiger partial charge in [0.1, 0.15) is 0 Å². The van der Waals surface area contributed by atoms with E-state index in [1.54, 1.807) is 18.2 Å². The number of urea groups is 1. The van der Waals surface area contributed by atoms with Crippen LogP contribution >= 0.6 is 23.2 Å². The van der Waals surface area contributed by atoms with Crippen LogP contribution in [-0.4, -0.2) is 59.9 Å². The van der Waals surface area contributed by atoms with Gasteiger partial charge in [0.05, 0.1) is 0 Å². The van der Waals surface area contributed by atoms with Crippen molar-refractivity contribution in [2.75, 3.05) is 35.2 Å². The fourth-order valence-corrected chi connectivity index (χ4v) is 4.95. The lowest BCUT2D eigenvalue weighted by Crippen LogP contribution is -2.39. The summed E-state index contributed by atoms with van der Waals surface area (Å²) >= 11 is 11.9. The number of carbonyl (C=O) groups excluding carboxylic acids is 1. The van der Waals surface area contributed by atoms with E-state index in [0.717, 1.165) is 18.8 Å². The summed E-state index contributed by atoms with van der Waals surface area (Å²) in [6.07, 6.45) is -1.23. The maximum absolute atomic E-state index is 12.2. The second kappa shape index (κ2) is 12.0. The maximum atomic E-state index is 12.2. The number of anilines is 3. The number of aliphatic carboxylic acids is 1. The Morgan fingerprint density at radius 2 is 1.56 bits per heavy atom. The SMILES string of the molecule is CC1CCCN1C1CCN(c2ccc(NC(=O)Nc3cc(Cl)cc(Cl)c3)cc2)C1.O=C(O)C(F)(F)F. The number of hydrogen-bond acceptors (Lipinski definition) is 4. The van der Waals surface area contributed by atoms with E-state index in [4.69, 9.17) is 33.1 Å². The molecule has 2 aliphatic rings. The van der Waals surface area contributed by atoms with E-state index in [2.05, 4.69) is 39.5 Å². The number of benzene rings is 2. The van der Waals surface area contributed by atoms with Gasteiger partial charge < -0.3 is 20.6 Å². The summed E-state index contributed by atoms with van der Waals surface area (Å²) < 4.78 is 31.7. The van der Waals surface area contributed by atoms with Gasteiger partial charge in [0.25, 0.3) is 0 Å². The first kappa shape index (κ1) is 27.9. The van der Waals surface area contributed by atoms with Crippen molar-refractivity contribution in [3.05, 3.63) is 52.5 Å². The molecule has 3 N–H and O–H groups in total. The van der Waals surface area contributed by atoms with Crippen molar-refractivity contribution >= 4 is 52.3 Å². The summed E-state index contributed by atoms with van der Waals surface area (Å²) in [5.74, 6) is -2.76. The maximum Gasteiger partial charge on any atom is 0.490 e. The van der Waals surface area contributed by atoms with Crippen molar-refractivity contribution in [3.63, 3.8) is 0 Å². The highest BCUT2D eigenvalue weighted by atomic mass is 35.5. The average molecular weight is 547 g/mol. The van der Waals surface area contributed by atoms with E-state index in [-0.39, 0.29) is 6.03 Å². The molecule has 0 spiro atoms. The molecule has 2 aromatic rings. The summed E-state index contributed by atoms with van der Waals surface area (Å²) in [6, 6.07) is 14.0. The smallest absolute Gasteiger partial charge is 0.475 e. The van der Waals surface area contributed by atoms with Crippen LogP contribution in [0.4, 0.5) is 35.0 Å². The van der Waals surface area contributed by atoms with Gasteiger partial charge in [0.15, 0.2) is 0 Å². The summed E-state index contributed by atoms with van der Waals surface area (Å²) in [7, 11) is 0. The van der Waals surface area contributed by atoms with Gasteiger partial charge in [0.2, 0.25) is 0 Å². The van der Waals surface area contributed by atoms with E-state index in [9.17, 15) is 18.0 Å². The molecule has 0 aromatic heterocycles. The van der Waals surface area contributed by atoms with Gasteiger partial charge in [-0.2, -0.15) is 13.2 Å². The van der Waals surface area contributed by atoms with Crippen molar-refractivity contribution in [2.45, 2.75) is 44.4 Å². The number of nitrogens with zero attached hydrogens (tertiary/aromatic N) is 2. The number of hydrogen-bond donors (Lipinski definition) is 3. The molecule has 7 nitrogen and oxygen atoms in total. The molecule has 4 rings (SSSR count). The quantitative estimate of drug-likeness (QED) is 0.417. The molecule has 2 unspecified atom stereocenters. The Morgan fingerprint density at radius 1 is 0.972 bits per heavy atom. The standard InChI is InChI=1S/C22H26Cl2N4O.C2HF3O2/c1-15-3-2-9-28(15)21-8-10-27(14-21)20-6-4-18(5-7-20)25-22(29)26-19-12-16(23)11-17(24)13-19;3-2(4,5)1(6)7/h4-7,11-13,15,21H,2-3,8-10,14H2,1H3,(H2,25,26,29);(H,6,7). The third kappa shape index (κ3) is 7.91. The average Bonchev–Trinajstić information content (AvgIpc) is 3.42. The first-order valence-corrected chi connectivity index (χ1v) is 12.1. The number of likely N-dealkylation sites (tertiary alicyclic amines) is 1. The second-order valence-electron chi connectivity index (χ2n) is 8.70. The predicted octanol–water partition coefficient (Wildman–Crippen LogP) is 6.33. The lowest BCUT2D eigenvalue weighted by Gasteiger charge is -2.28. The summed E-state index contributed by atoms with van der Waals surface area (Å²) in [5, 5.41) is 13.7. The number of carboxylic acids is 1. The van der Waals surface area contributed by atoms with Crippen LogP contribution in [0.15, 0.2) is 42.5 Å². The van der Waals surface area contributed by atoms with Crippen LogP contribution in [-0.2, 0) is 4.79 Å². The zero-order valence-corrected chi connectivity index (χ0v) is 21.0. The minimum absolute atomic E-state index is 0.333. The molecule has 0 aliphatic carbocycles. The Labute approximate surface area is 217 Å². The van der Waals surface area contributed by atoms with Crippen molar-refractivity contribution in [1.82, 2.24) is 4.90 Å². The molecular weight excluding hydrogens is 520 g/mol. The fraction of sp³-hybridized carbons (Fsp3) is 0.417. The topological polar surface area (TPSA) is 84.9 Å². The normalized spacial score (nSPS) is 20.0. The first-order chi connectivity index (χ1) is 16.9. The Hall–Kier alpha value is -2.69. The van der Waals surface area contributed by atoms with Crippen molar-refractivity contribution in [2.24, 2.45) is 0 Å². The van der Waals surface area contributed by atoms with E-state index < -0.39 is 12.1 Å². The Morgan fingerprint density at radius 3 is 2.08 bits per heavy atom. The van der Waals surface area contributed by atoms with E-state index in [1.807, 2.05) is 12.1 Å². The van der Waals surface area contributed by atoms with Crippen LogP contribution in [0.2, 0.25) is 10.0 Å². The van der Waals surface area contributed by atoms with Gasteiger partial charge in [-0.3, -0.25) is 4.90 Å². The van der Waals surface area contributed by atoms with Gasteiger partial charge in [-0.05, 0) is 75.2 Å². The molecule has 2 fully saturated rings. The van der Waals surface area contributed by atoms with Crippen LogP contribution in [0.5, 0.6) is 0 Å². The highest BCUT2D eigenvalue weighted by Crippen LogP contribution is 2.29. The second-order valence-corrected chi connectivity index (χ2v) is 9.58. The zero-order chi connectivity index (χ0) is 26.5. The largest absolute Gasteiger partial charge is 0.490 e. The number of carbonyl (C=O) groups is 2. The summed E-state index contributed by atoms with van der Waals surface area (Å²) in [4.78, 5) is 26.2. The van der Waals surface area contributed by atoms with Crippen LogP contribution in [0.25, 0.3) is 0 Å². The molecule has 196 valence electrons. The molecule has 2 amide bonds. The van der Waals surface area contributed by atoms with Gasteiger partial charge >= 0.3 is 18.2 Å². The van der Waals surface area contributed by atoms with E-state index >= 15 is 0 Å². The van der Waals surface area contributed by atoms with Crippen LogP contribution in [0, 0.1) is 0 Å². The third-order valence-electron chi connectivity index (χ3n) is 6.09. The van der Waals surface area contributed by atoms with Gasteiger partial charge in [-0.1, -0.05) is 23.2 Å². The number of halogens is 5. The number of nitrogens with one attached hydrogen (secondary N) is 2. The molecule has 0 bridgehead atoms. The molecule has 2 aromatic carbocycles. The number of rotatable bonds is 4. The molecule has 0 saturated carbocycles. The molecule has 2 saturated heterocycles. The number of amides is 2. The van der Waals surface area contributed by atoms with E-state index in [0.29, 0.717) is 27.8 Å². The molecule has 12 heteroatoms. The third-order valence-corrected chi connectivity index (χ3v) is 6.53. The lowest BCUT2D eigenvalue weighted by molar-refractivity contribution is -0.192. The number of alkyl halides is 3. The van der Waals surface area contributed by atoms with Gasteiger partial charge in [-0.25, -0.2) is 9.59 Å². The fourth-order valence-electron chi connectivity index (χ4n) is 4.42. The van der Waals surface area contributed by atoms with Gasteiger partial charge in [0, 0.05) is 52.3 Å². The minimum Gasteiger partial charge on any atom is -0.475 e. The summed E-state index contributed by atoms with van der Waals surface area (Å²) in [6.45, 7) is 5.73. The van der Waals surface area contributed by atoms with Gasteiger partial charge in [-0.15, -0.1) is 0 Å². The molecule has 36 heavy (non-hydrogen) atoms. The first-order valence-electron chi connectivity index (χ1n) is 11.4. The minimum atomic E-state index is -5.08. The predicted molar refractivity (Wildman–Crippen MR) is 135 cm³/mol. The van der Waals surface area contributed by atoms with Crippen LogP contribution in [0.3, 0.4) is 0 Å². The monoisotopic (exact) mass is 546 g/mol. The highest BCUT2D eigenvalue weighted by Gasteiger charge is 2.38. The van der Waals surface area contributed by atoms with Crippen molar-refractivity contribution in [1.29, 1.82) is 0 Å². The van der Waals surface area contributed by atoms with Crippen molar-refractivity contribution < 1.29 is 27.9 Å². The Bertz CT molecular complexity index is 1050. The van der Waals surface area contributed by atoms with Crippen LogP contribution < -0.4 is 15.5 Å². The zero-order valence-electron chi connectivity index (χ0n) is 19.5. The van der Waals surface area contributed by atoms with E-state index in [1.165, 1.54) is 31.5 Å². The molecule has 2 heterocycles. The van der Waals surface area contributed by atoms with Crippen molar-refractivity contribution in [3.8, 4) is 0 Å². The number of carboxylic acid groups (broad SMARTS) is 1. The Kier molecular flexibility index (Phi) is 9.32. The highest BCUT2D eigenvalue weighted by molar-refractivity contribution is 6.35. The van der Waals surface area contributed by atoms with Crippen LogP contribution in [0.1, 0.15) is 26.2 Å². The summed E-state index contributed by atoms with van der Waals surface area (Å²) in [5.41, 5.74) is 2.49. The molecule has 2 aliphatic heterocycles. The lowest BCUT2D eigenvalue weighted by atomic mass is 10.2. The molecule has 0 radical (unpaired) electrons. The molecular formula is C24H27Cl2F3N4O3. The molecule has 2 atom stereocenters.